The minimum atomic E-state index is -0.728. The van der Waals surface area contributed by atoms with Crippen molar-refractivity contribution in [1.82, 2.24) is 0 Å². The van der Waals surface area contributed by atoms with Gasteiger partial charge in [0, 0.05) is 5.88 Å². The van der Waals surface area contributed by atoms with Crippen molar-refractivity contribution in [3.8, 4) is 0 Å². The molecule has 2 nitrogen and oxygen atoms in total. The summed E-state index contributed by atoms with van der Waals surface area (Å²) in [5.41, 5.74) is -0.0292. The summed E-state index contributed by atoms with van der Waals surface area (Å²) >= 11 is 10.9. The Morgan fingerprint density at radius 1 is 1.50 bits per heavy atom. The van der Waals surface area contributed by atoms with E-state index in [1.807, 2.05) is 20.8 Å². The van der Waals surface area contributed by atoms with Crippen LogP contribution in [0.15, 0.2) is 0 Å². The largest absolute Gasteiger partial charge is 0.464 e. The van der Waals surface area contributed by atoms with E-state index in [2.05, 4.69) is 0 Å². The molecular weight excluding hydrogens is 199 g/mol. The number of alkyl halides is 2. The Kier molecular flexibility index (Phi) is 4.95. The van der Waals surface area contributed by atoms with Gasteiger partial charge in [0.25, 0.3) is 0 Å². The van der Waals surface area contributed by atoms with Crippen LogP contribution in [0.3, 0.4) is 0 Å². The number of carbonyl (C=O) groups excluding carboxylic acids is 1. The van der Waals surface area contributed by atoms with Crippen LogP contribution in [0.25, 0.3) is 0 Å². The minimum absolute atomic E-state index is 0.0292. The molecule has 0 heterocycles. The molecule has 12 heavy (non-hydrogen) atoms. The van der Waals surface area contributed by atoms with Gasteiger partial charge in [-0.3, -0.25) is 4.79 Å². The normalized spacial score (nSPS) is 14.1. The van der Waals surface area contributed by atoms with Crippen molar-refractivity contribution in [2.45, 2.75) is 26.1 Å². The van der Waals surface area contributed by atoms with E-state index in [1.165, 1.54) is 0 Å². The maximum atomic E-state index is 11.0. The zero-order chi connectivity index (χ0) is 9.78. The highest BCUT2D eigenvalue weighted by Crippen LogP contribution is 2.14. The van der Waals surface area contributed by atoms with Crippen molar-refractivity contribution in [3.05, 3.63) is 0 Å². The molecule has 72 valence electrons. The summed E-state index contributed by atoms with van der Waals surface area (Å²) < 4.78 is 4.90. The molecule has 0 radical (unpaired) electrons. The van der Waals surface area contributed by atoms with E-state index < -0.39 is 11.3 Å². The molecule has 0 amide bonds. The van der Waals surface area contributed by atoms with Gasteiger partial charge in [-0.05, 0) is 5.41 Å². The number of hydrogen-bond donors (Lipinski definition) is 0. The van der Waals surface area contributed by atoms with Crippen molar-refractivity contribution in [3.63, 3.8) is 0 Å². The summed E-state index contributed by atoms with van der Waals surface area (Å²) in [7, 11) is 0. The van der Waals surface area contributed by atoms with Gasteiger partial charge in [-0.25, -0.2) is 0 Å². The van der Waals surface area contributed by atoms with Gasteiger partial charge in [0.2, 0.25) is 0 Å². The van der Waals surface area contributed by atoms with Crippen LogP contribution >= 0.6 is 23.2 Å². The molecule has 4 heteroatoms. The SMILES string of the molecule is CC(C)(C)COC(=O)C(Cl)CCl. The van der Waals surface area contributed by atoms with Crippen molar-refractivity contribution >= 4 is 29.2 Å². The Labute approximate surface area is 83.2 Å². The lowest BCUT2D eigenvalue weighted by molar-refractivity contribution is -0.145. The molecule has 0 aliphatic heterocycles. The first-order valence-electron chi connectivity index (χ1n) is 3.73. The van der Waals surface area contributed by atoms with E-state index >= 15 is 0 Å². The minimum Gasteiger partial charge on any atom is -0.464 e. The van der Waals surface area contributed by atoms with Crippen LogP contribution in [0, 0.1) is 5.41 Å². The molecule has 0 aromatic rings. The van der Waals surface area contributed by atoms with Crippen molar-refractivity contribution in [2.75, 3.05) is 12.5 Å². The van der Waals surface area contributed by atoms with Gasteiger partial charge in [0.15, 0.2) is 0 Å². The summed E-state index contributed by atoms with van der Waals surface area (Å²) in [6.07, 6.45) is 0. The number of rotatable bonds is 3. The van der Waals surface area contributed by atoms with E-state index in [4.69, 9.17) is 27.9 Å². The monoisotopic (exact) mass is 212 g/mol. The molecule has 0 bridgehead atoms. The van der Waals surface area contributed by atoms with Gasteiger partial charge >= 0.3 is 5.97 Å². The van der Waals surface area contributed by atoms with E-state index in [-0.39, 0.29) is 11.3 Å². The first-order chi connectivity index (χ1) is 5.37. The van der Waals surface area contributed by atoms with E-state index in [9.17, 15) is 4.79 Å². The first-order valence-corrected chi connectivity index (χ1v) is 4.70. The van der Waals surface area contributed by atoms with Crippen LogP contribution in [0.2, 0.25) is 0 Å². The Hall–Kier alpha value is 0.0500. The van der Waals surface area contributed by atoms with Gasteiger partial charge in [-0.2, -0.15) is 0 Å². The van der Waals surface area contributed by atoms with Crippen LogP contribution < -0.4 is 0 Å². The fourth-order valence-electron chi connectivity index (χ4n) is 0.441. The fraction of sp³-hybridized carbons (Fsp3) is 0.875. The lowest BCUT2D eigenvalue weighted by Gasteiger charge is -2.18. The molecule has 0 saturated heterocycles. The molecular formula is C8H14Cl2O2. The molecule has 0 aliphatic carbocycles. The molecule has 0 saturated carbocycles. The van der Waals surface area contributed by atoms with Gasteiger partial charge in [0.1, 0.15) is 5.38 Å². The zero-order valence-electron chi connectivity index (χ0n) is 7.56. The average Bonchev–Trinajstić information content (AvgIpc) is 1.97. The predicted molar refractivity (Wildman–Crippen MR) is 50.8 cm³/mol. The quantitative estimate of drug-likeness (QED) is 0.531. The third-order valence-electron chi connectivity index (χ3n) is 1.04. The molecule has 0 fully saturated rings. The number of hydrogen-bond acceptors (Lipinski definition) is 2. The van der Waals surface area contributed by atoms with Crippen LogP contribution in [-0.2, 0) is 9.53 Å². The number of esters is 1. The smallest absolute Gasteiger partial charge is 0.325 e. The van der Waals surface area contributed by atoms with Crippen LogP contribution in [0.1, 0.15) is 20.8 Å². The molecule has 0 N–H and O–H groups in total. The summed E-state index contributed by atoms with van der Waals surface area (Å²) in [6, 6.07) is 0. The lowest BCUT2D eigenvalue weighted by atomic mass is 9.99. The van der Waals surface area contributed by atoms with Gasteiger partial charge in [-0.1, -0.05) is 20.8 Å². The van der Waals surface area contributed by atoms with Crippen molar-refractivity contribution < 1.29 is 9.53 Å². The first kappa shape index (κ1) is 12.0. The predicted octanol–water partition coefficient (Wildman–Crippen LogP) is 2.42. The maximum Gasteiger partial charge on any atom is 0.325 e. The van der Waals surface area contributed by atoms with Gasteiger partial charge in [0.05, 0.1) is 6.61 Å². The topological polar surface area (TPSA) is 26.3 Å². The van der Waals surface area contributed by atoms with Gasteiger partial charge < -0.3 is 4.74 Å². The molecule has 0 rings (SSSR count). The number of halogens is 2. The summed E-state index contributed by atoms with van der Waals surface area (Å²) in [5, 5.41) is -0.728. The molecule has 0 aliphatic rings. The Morgan fingerprint density at radius 2 is 2.00 bits per heavy atom. The van der Waals surface area contributed by atoms with Crippen LogP contribution in [0.5, 0.6) is 0 Å². The highest BCUT2D eigenvalue weighted by molar-refractivity contribution is 6.35. The lowest BCUT2D eigenvalue weighted by Crippen LogP contribution is -2.24. The van der Waals surface area contributed by atoms with Crippen LogP contribution in [0.4, 0.5) is 0 Å². The summed E-state index contributed by atoms with van der Waals surface area (Å²) in [6.45, 7) is 6.30. The molecule has 1 atom stereocenters. The van der Waals surface area contributed by atoms with Crippen molar-refractivity contribution in [1.29, 1.82) is 0 Å². The Balaban J connectivity index is 3.72. The van der Waals surface area contributed by atoms with E-state index in [1.54, 1.807) is 0 Å². The van der Waals surface area contributed by atoms with Crippen molar-refractivity contribution in [2.24, 2.45) is 5.41 Å². The standard InChI is InChI=1S/C8H14Cl2O2/c1-8(2,3)5-12-7(11)6(10)4-9/h6H,4-5H2,1-3H3. The summed E-state index contributed by atoms with van der Waals surface area (Å²) in [5.74, 6) is -0.355. The number of carbonyl (C=O) groups is 1. The van der Waals surface area contributed by atoms with Crippen LogP contribution in [-0.4, -0.2) is 23.8 Å². The summed E-state index contributed by atoms with van der Waals surface area (Å²) in [4.78, 5) is 11.0. The van der Waals surface area contributed by atoms with E-state index in [0.717, 1.165) is 0 Å². The molecule has 0 aromatic carbocycles. The third kappa shape index (κ3) is 5.67. The molecule has 0 spiro atoms. The Bertz CT molecular complexity index is 152. The highest BCUT2D eigenvalue weighted by atomic mass is 35.5. The Morgan fingerprint density at radius 3 is 2.33 bits per heavy atom. The fourth-order valence-corrected chi connectivity index (χ4v) is 0.630. The van der Waals surface area contributed by atoms with E-state index in [0.29, 0.717) is 6.61 Å². The highest BCUT2D eigenvalue weighted by Gasteiger charge is 2.19. The second-order valence-corrected chi connectivity index (χ2v) is 4.63. The zero-order valence-corrected chi connectivity index (χ0v) is 9.08. The maximum absolute atomic E-state index is 11.0. The average molecular weight is 213 g/mol. The molecule has 1 unspecified atom stereocenters. The number of ether oxygens (including phenoxy) is 1. The third-order valence-corrected chi connectivity index (χ3v) is 1.84. The second-order valence-electron chi connectivity index (χ2n) is 3.79. The van der Waals surface area contributed by atoms with Gasteiger partial charge in [-0.15, -0.1) is 23.2 Å². The molecule has 0 aromatic heterocycles. The second kappa shape index (κ2) is 4.93.